The smallest absolute Gasteiger partial charge is 0.457 e. The number of ether oxygens (including phenoxy) is 2. The van der Waals surface area contributed by atoms with Crippen LogP contribution < -0.4 is 0 Å². The summed E-state index contributed by atoms with van der Waals surface area (Å²) in [5.41, 5.74) is 0. The van der Waals surface area contributed by atoms with Crippen LogP contribution in [0.15, 0.2) is 48.6 Å². The lowest BCUT2D eigenvalue weighted by atomic mass is 10.0. The first-order valence-electron chi connectivity index (χ1n) is 20.9. The van der Waals surface area contributed by atoms with Gasteiger partial charge in [-0.05, 0) is 51.4 Å². The van der Waals surface area contributed by atoms with Crippen LogP contribution in [0.25, 0.3) is 0 Å². The van der Waals surface area contributed by atoms with Crippen LogP contribution in [-0.2, 0) is 27.9 Å². The van der Waals surface area contributed by atoms with E-state index in [4.69, 9.17) is 18.5 Å². The van der Waals surface area contributed by atoms with Crippen LogP contribution in [0, 0.1) is 0 Å². The van der Waals surface area contributed by atoms with Gasteiger partial charge in [0.05, 0.1) is 34.4 Å². The predicted octanol–water partition coefficient (Wildman–Crippen LogP) is 12.0. The minimum absolute atomic E-state index is 0.0781. The van der Waals surface area contributed by atoms with Gasteiger partial charge in [0.25, 0.3) is 0 Å². The molecule has 304 valence electrons. The lowest BCUT2D eigenvalue weighted by Crippen LogP contribution is -2.37. The number of hydrogen-bond donors (Lipinski definition) is 1. The lowest BCUT2D eigenvalue weighted by Gasteiger charge is -2.24. The molecule has 0 aliphatic rings. The molecule has 0 aliphatic heterocycles. The van der Waals surface area contributed by atoms with Crippen LogP contribution in [-0.4, -0.2) is 75.6 Å². The first-order chi connectivity index (χ1) is 25.1. The first kappa shape index (κ1) is 50.5. The quantitative estimate of drug-likeness (QED) is 0.0221. The second kappa shape index (κ2) is 36.4. The summed E-state index contributed by atoms with van der Waals surface area (Å²) in [5, 5.41) is 0. The van der Waals surface area contributed by atoms with Crippen molar-refractivity contribution in [2.24, 2.45) is 0 Å². The van der Waals surface area contributed by atoms with Crippen molar-refractivity contribution in [2.45, 2.75) is 168 Å². The molecular weight excluding hydrogens is 673 g/mol. The average Bonchev–Trinajstić information content (AvgIpc) is 3.09. The summed E-state index contributed by atoms with van der Waals surface area (Å²) in [6.07, 6.45) is 42.9. The molecule has 0 rings (SSSR count). The SMILES string of the molecule is CCCCC/C=C\C/C=C\C/C=C\C/C=C\CCCC(=O)O[C@H](COCCCCCCCCCCCCCCC)COP(=O)(O)OCC[N+](C)(C)C. The molecule has 0 aromatic carbocycles. The van der Waals surface area contributed by atoms with Crippen LogP contribution in [0.4, 0.5) is 0 Å². The first-order valence-corrected chi connectivity index (χ1v) is 22.4. The second-order valence-electron chi connectivity index (χ2n) is 15.0. The van der Waals surface area contributed by atoms with Crippen LogP contribution in [0.1, 0.15) is 162 Å². The van der Waals surface area contributed by atoms with Gasteiger partial charge >= 0.3 is 13.8 Å². The van der Waals surface area contributed by atoms with E-state index >= 15 is 0 Å². The van der Waals surface area contributed by atoms with Gasteiger partial charge in [-0.15, -0.1) is 0 Å². The summed E-state index contributed by atoms with van der Waals surface area (Å²) >= 11 is 0. The van der Waals surface area contributed by atoms with Gasteiger partial charge < -0.3 is 18.9 Å². The molecule has 2 atom stereocenters. The number of esters is 1. The Kier molecular flexibility index (Phi) is 35.4. The van der Waals surface area contributed by atoms with E-state index in [0.29, 0.717) is 24.1 Å². The van der Waals surface area contributed by atoms with Crippen LogP contribution >= 0.6 is 7.82 Å². The minimum Gasteiger partial charge on any atom is -0.457 e. The number of unbranched alkanes of at least 4 members (excludes halogenated alkanes) is 16. The fraction of sp³-hybridized carbons (Fsp3) is 0.791. The van der Waals surface area contributed by atoms with Crippen molar-refractivity contribution in [3.63, 3.8) is 0 Å². The van der Waals surface area contributed by atoms with E-state index < -0.39 is 13.9 Å². The molecule has 0 radical (unpaired) electrons. The van der Waals surface area contributed by atoms with Crippen molar-refractivity contribution in [1.82, 2.24) is 0 Å². The Balaban J connectivity index is 4.37. The van der Waals surface area contributed by atoms with Crippen molar-refractivity contribution < 1.29 is 37.3 Å². The number of likely N-dealkylation sites (N-methyl/N-ethyl adjacent to an activating group) is 1. The van der Waals surface area contributed by atoms with Crippen LogP contribution in [0.5, 0.6) is 0 Å². The third kappa shape index (κ3) is 39.7. The van der Waals surface area contributed by atoms with E-state index in [-0.39, 0.29) is 32.2 Å². The molecule has 52 heavy (non-hydrogen) atoms. The summed E-state index contributed by atoms with van der Waals surface area (Å²) in [7, 11) is 1.63. The Hall–Kier alpha value is -1.54. The maximum Gasteiger partial charge on any atom is 0.472 e. The summed E-state index contributed by atoms with van der Waals surface area (Å²) in [6.45, 7) is 5.52. The Labute approximate surface area is 320 Å². The molecular formula is C43H81NO7P+. The number of carbonyl (C=O) groups is 1. The third-order valence-corrected chi connectivity index (χ3v) is 9.63. The lowest BCUT2D eigenvalue weighted by molar-refractivity contribution is -0.870. The van der Waals surface area contributed by atoms with Gasteiger partial charge in [-0.1, -0.05) is 152 Å². The second-order valence-corrected chi connectivity index (χ2v) is 16.5. The number of allylic oxidation sites excluding steroid dienone is 8. The Bertz CT molecular complexity index is 973. The van der Waals surface area contributed by atoms with Crippen molar-refractivity contribution >= 4 is 13.8 Å². The summed E-state index contributed by atoms with van der Waals surface area (Å²) in [6, 6.07) is 0. The van der Waals surface area contributed by atoms with E-state index in [9.17, 15) is 14.3 Å². The highest BCUT2D eigenvalue weighted by Gasteiger charge is 2.26. The van der Waals surface area contributed by atoms with E-state index in [1.165, 1.54) is 96.3 Å². The monoisotopic (exact) mass is 755 g/mol. The van der Waals surface area contributed by atoms with Crippen molar-refractivity contribution in [2.75, 3.05) is 54.1 Å². The molecule has 0 aliphatic carbocycles. The molecule has 8 nitrogen and oxygen atoms in total. The molecule has 0 amide bonds. The van der Waals surface area contributed by atoms with Gasteiger partial charge in [-0.3, -0.25) is 13.8 Å². The Morgan fingerprint density at radius 1 is 0.596 bits per heavy atom. The molecule has 0 spiro atoms. The third-order valence-electron chi connectivity index (χ3n) is 8.64. The summed E-state index contributed by atoms with van der Waals surface area (Å²) in [5.74, 6) is -0.368. The molecule has 0 aromatic heterocycles. The number of hydrogen-bond acceptors (Lipinski definition) is 6. The van der Waals surface area contributed by atoms with Crippen LogP contribution in [0.3, 0.4) is 0 Å². The molecule has 1 N–H and O–H groups in total. The highest BCUT2D eigenvalue weighted by atomic mass is 31.2. The molecule has 9 heteroatoms. The Morgan fingerprint density at radius 2 is 1.06 bits per heavy atom. The summed E-state index contributed by atoms with van der Waals surface area (Å²) in [4.78, 5) is 22.8. The molecule has 0 heterocycles. The number of rotatable bonds is 38. The largest absolute Gasteiger partial charge is 0.472 e. The molecule has 0 saturated heterocycles. The normalized spacial score (nSPS) is 14.3. The zero-order valence-corrected chi connectivity index (χ0v) is 35.2. The number of carbonyl (C=O) groups excluding carboxylic acids is 1. The number of quaternary nitrogens is 1. The van der Waals surface area contributed by atoms with Gasteiger partial charge in [0.2, 0.25) is 0 Å². The predicted molar refractivity (Wildman–Crippen MR) is 219 cm³/mol. The van der Waals surface area contributed by atoms with E-state index in [1.54, 1.807) is 0 Å². The van der Waals surface area contributed by atoms with E-state index in [2.05, 4.69) is 62.5 Å². The molecule has 0 aromatic rings. The van der Waals surface area contributed by atoms with Gasteiger partial charge in [0, 0.05) is 13.0 Å². The number of phosphoric ester groups is 1. The topological polar surface area (TPSA) is 91.3 Å². The van der Waals surface area contributed by atoms with E-state index in [1.807, 2.05) is 21.1 Å². The maximum absolute atomic E-state index is 12.6. The van der Waals surface area contributed by atoms with Crippen LogP contribution in [0.2, 0.25) is 0 Å². The molecule has 0 fully saturated rings. The highest BCUT2D eigenvalue weighted by Crippen LogP contribution is 2.43. The standard InChI is InChI=1S/C43H80NO7P/c1-6-8-10-12-14-16-18-20-21-22-23-24-26-28-30-32-34-36-43(45)51-42(41-50-52(46,47)49-39-37-44(3,4)5)40-48-38-35-33-31-29-27-25-19-17-15-13-11-9-7-2/h14,16,20-21,23-24,28,30,42H,6-13,15,17-19,22,25-27,29,31-41H2,1-5H3/p+1/b16-14-,21-20-,24-23-,30-28-/t42-/m1/s1. The zero-order valence-electron chi connectivity index (χ0n) is 34.3. The fourth-order valence-corrected chi connectivity index (χ4v) is 6.11. The fourth-order valence-electron chi connectivity index (χ4n) is 5.37. The number of phosphoric acid groups is 1. The van der Waals surface area contributed by atoms with Crippen molar-refractivity contribution in [1.29, 1.82) is 0 Å². The minimum atomic E-state index is -4.28. The number of nitrogens with zero attached hydrogens (tertiary/aromatic N) is 1. The Morgan fingerprint density at radius 3 is 1.58 bits per heavy atom. The molecule has 0 saturated carbocycles. The van der Waals surface area contributed by atoms with Gasteiger partial charge in [0.1, 0.15) is 19.3 Å². The molecule has 0 bridgehead atoms. The van der Waals surface area contributed by atoms with E-state index in [0.717, 1.165) is 38.5 Å². The summed E-state index contributed by atoms with van der Waals surface area (Å²) < 4.78 is 34.9. The van der Waals surface area contributed by atoms with Gasteiger partial charge in [0.15, 0.2) is 0 Å². The zero-order chi connectivity index (χ0) is 38.4. The highest BCUT2D eigenvalue weighted by molar-refractivity contribution is 7.47. The maximum atomic E-state index is 12.6. The average molecular weight is 755 g/mol. The van der Waals surface area contributed by atoms with Gasteiger partial charge in [-0.2, -0.15) is 0 Å². The van der Waals surface area contributed by atoms with Crippen molar-refractivity contribution in [3.8, 4) is 0 Å². The van der Waals surface area contributed by atoms with Gasteiger partial charge in [-0.25, -0.2) is 4.57 Å². The molecule has 1 unspecified atom stereocenters. The van der Waals surface area contributed by atoms with Crippen molar-refractivity contribution in [3.05, 3.63) is 48.6 Å².